The van der Waals surface area contributed by atoms with E-state index in [1.165, 1.54) is 42.8 Å². The number of rotatable bonds is 7. The summed E-state index contributed by atoms with van der Waals surface area (Å²) in [6.45, 7) is 3.05. The minimum Gasteiger partial charge on any atom is -0.496 e. The second kappa shape index (κ2) is 9.82. The number of aromatic nitrogens is 2. The van der Waals surface area contributed by atoms with Crippen molar-refractivity contribution in [1.82, 2.24) is 14.5 Å². The third-order valence-corrected chi connectivity index (χ3v) is 7.54. The van der Waals surface area contributed by atoms with Crippen LogP contribution >= 0.6 is 0 Å². The van der Waals surface area contributed by atoms with Crippen LogP contribution in [0.4, 0.5) is 6.01 Å². The highest BCUT2D eigenvalue weighted by molar-refractivity contribution is 7.89. The van der Waals surface area contributed by atoms with E-state index in [-0.39, 0.29) is 22.4 Å². The van der Waals surface area contributed by atoms with E-state index in [1.807, 2.05) is 6.92 Å². The van der Waals surface area contributed by atoms with E-state index in [9.17, 15) is 13.2 Å². The number of methoxy groups -OCH3 is 2. The van der Waals surface area contributed by atoms with Crippen molar-refractivity contribution in [2.45, 2.75) is 24.7 Å². The molecule has 1 fully saturated rings. The maximum Gasteiger partial charge on any atom is 0.322 e. The normalized spacial score (nSPS) is 16.7. The summed E-state index contributed by atoms with van der Waals surface area (Å²) in [4.78, 5) is 12.8. The van der Waals surface area contributed by atoms with E-state index in [2.05, 4.69) is 15.5 Å². The van der Waals surface area contributed by atoms with Crippen LogP contribution in [0, 0.1) is 5.92 Å². The Morgan fingerprint density at radius 2 is 1.76 bits per heavy atom. The third-order valence-electron chi connectivity index (χ3n) is 5.66. The quantitative estimate of drug-likeness (QED) is 0.539. The Morgan fingerprint density at radius 3 is 2.38 bits per heavy atom. The van der Waals surface area contributed by atoms with Crippen LogP contribution in [0.25, 0.3) is 11.5 Å². The van der Waals surface area contributed by atoms with Crippen LogP contribution < -0.4 is 14.8 Å². The molecule has 10 nitrogen and oxygen atoms in total. The second-order valence-corrected chi connectivity index (χ2v) is 9.98. The van der Waals surface area contributed by atoms with Gasteiger partial charge in [-0.15, -0.1) is 5.10 Å². The third kappa shape index (κ3) is 4.75. The molecule has 4 rings (SSSR count). The summed E-state index contributed by atoms with van der Waals surface area (Å²) in [5.74, 6) is 0.866. The Balaban J connectivity index is 1.49. The zero-order valence-corrected chi connectivity index (χ0v) is 20.0. The van der Waals surface area contributed by atoms with Gasteiger partial charge < -0.3 is 13.9 Å². The highest BCUT2D eigenvalue weighted by Crippen LogP contribution is 2.37. The Morgan fingerprint density at radius 1 is 1.09 bits per heavy atom. The number of amides is 1. The Bertz CT molecular complexity index is 1250. The summed E-state index contributed by atoms with van der Waals surface area (Å²) < 4.78 is 43.6. The number of hydrogen-bond donors (Lipinski definition) is 1. The molecule has 0 aliphatic carbocycles. The summed E-state index contributed by atoms with van der Waals surface area (Å²) in [5.41, 5.74) is 0.711. The molecular weight excluding hydrogens is 460 g/mol. The van der Waals surface area contributed by atoms with Crippen LogP contribution in [0.1, 0.15) is 30.1 Å². The van der Waals surface area contributed by atoms with E-state index >= 15 is 0 Å². The van der Waals surface area contributed by atoms with Gasteiger partial charge in [0, 0.05) is 18.7 Å². The Hall–Kier alpha value is -3.44. The molecule has 0 saturated carbocycles. The standard InChI is InChI=1S/C23H26N4O6S/c1-15-6-5-13-27(14-15)34(29,30)17-11-9-16(10-12-17)21(28)24-23-26-25-22(33-23)20-18(31-2)7-4-8-19(20)32-3/h4,7-12,15H,5-6,13-14H2,1-3H3,(H,24,26,28). The maximum absolute atomic E-state index is 12.9. The van der Waals surface area contributed by atoms with Crippen molar-refractivity contribution in [3.63, 3.8) is 0 Å². The first-order valence-corrected chi connectivity index (χ1v) is 12.2. The molecule has 1 aliphatic heterocycles. The number of benzene rings is 2. The molecule has 1 saturated heterocycles. The zero-order chi connectivity index (χ0) is 24.3. The van der Waals surface area contributed by atoms with Gasteiger partial charge in [-0.05, 0) is 55.2 Å². The number of sulfonamides is 1. The molecule has 0 bridgehead atoms. The van der Waals surface area contributed by atoms with Gasteiger partial charge in [0.25, 0.3) is 11.8 Å². The first kappa shape index (κ1) is 23.7. The van der Waals surface area contributed by atoms with Gasteiger partial charge in [-0.2, -0.15) is 4.31 Å². The summed E-state index contributed by atoms with van der Waals surface area (Å²) >= 11 is 0. The molecule has 0 radical (unpaired) electrons. The summed E-state index contributed by atoms with van der Waals surface area (Å²) in [6, 6.07) is 10.9. The van der Waals surface area contributed by atoms with Crippen LogP contribution in [0.5, 0.6) is 11.5 Å². The van der Waals surface area contributed by atoms with Crippen molar-refractivity contribution in [2.24, 2.45) is 5.92 Å². The topological polar surface area (TPSA) is 124 Å². The van der Waals surface area contributed by atoms with Crippen molar-refractivity contribution < 1.29 is 27.1 Å². The van der Waals surface area contributed by atoms with Crippen molar-refractivity contribution in [2.75, 3.05) is 32.6 Å². The van der Waals surface area contributed by atoms with Gasteiger partial charge in [0.2, 0.25) is 10.0 Å². The van der Waals surface area contributed by atoms with E-state index < -0.39 is 15.9 Å². The van der Waals surface area contributed by atoms with Crippen molar-refractivity contribution in [1.29, 1.82) is 0 Å². The number of piperidine rings is 1. The lowest BCUT2D eigenvalue weighted by Crippen LogP contribution is -2.39. The van der Waals surface area contributed by atoms with Crippen molar-refractivity contribution in [3.05, 3.63) is 48.0 Å². The molecule has 0 spiro atoms. The predicted octanol–water partition coefficient (Wildman–Crippen LogP) is 3.43. The van der Waals surface area contributed by atoms with Gasteiger partial charge in [-0.1, -0.05) is 18.1 Å². The molecule has 34 heavy (non-hydrogen) atoms. The second-order valence-electron chi connectivity index (χ2n) is 8.04. The van der Waals surface area contributed by atoms with Crippen molar-refractivity contribution in [3.8, 4) is 23.0 Å². The minimum absolute atomic E-state index is 0.113. The van der Waals surface area contributed by atoms with Gasteiger partial charge >= 0.3 is 6.01 Å². The Labute approximate surface area is 197 Å². The molecule has 1 amide bonds. The molecule has 1 unspecified atom stereocenters. The molecule has 1 aliphatic rings. The number of nitrogens with one attached hydrogen (secondary N) is 1. The fourth-order valence-electron chi connectivity index (χ4n) is 3.90. The number of ether oxygens (including phenoxy) is 2. The van der Waals surface area contributed by atoms with Crippen LogP contribution in [-0.2, 0) is 10.0 Å². The first-order chi connectivity index (χ1) is 16.3. The Kier molecular flexibility index (Phi) is 6.85. The average molecular weight is 487 g/mol. The van der Waals surface area contributed by atoms with Gasteiger partial charge in [0.05, 0.1) is 19.1 Å². The maximum atomic E-state index is 12.9. The van der Waals surface area contributed by atoms with E-state index in [1.54, 1.807) is 18.2 Å². The molecule has 11 heteroatoms. The molecule has 2 aromatic carbocycles. The smallest absolute Gasteiger partial charge is 0.322 e. The van der Waals surface area contributed by atoms with Crippen LogP contribution in [-0.4, -0.2) is 56.1 Å². The lowest BCUT2D eigenvalue weighted by Gasteiger charge is -2.30. The lowest BCUT2D eigenvalue weighted by atomic mass is 10.0. The van der Waals surface area contributed by atoms with Crippen LogP contribution in [0.2, 0.25) is 0 Å². The minimum atomic E-state index is -3.60. The lowest BCUT2D eigenvalue weighted by molar-refractivity contribution is 0.102. The fraction of sp³-hybridized carbons (Fsp3) is 0.348. The van der Waals surface area contributed by atoms with Gasteiger partial charge in [-0.3, -0.25) is 10.1 Å². The highest BCUT2D eigenvalue weighted by atomic mass is 32.2. The summed E-state index contributed by atoms with van der Waals surface area (Å²) in [5, 5.41) is 10.4. The number of hydrogen-bond acceptors (Lipinski definition) is 8. The van der Waals surface area contributed by atoms with E-state index in [0.717, 1.165) is 12.8 Å². The van der Waals surface area contributed by atoms with Crippen molar-refractivity contribution >= 4 is 21.9 Å². The number of carbonyl (C=O) groups excluding carboxylic acids is 1. The first-order valence-electron chi connectivity index (χ1n) is 10.8. The molecule has 3 aromatic rings. The van der Waals surface area contributed by atoms with E-state index in [0.29, 0.717) is 36.1 Å². The van der Waals surface area contributed by atoms with Crippen LogP contribution in [0.3, 0.4) is 0 Å². The summed E-state index contributed by atoms with van der Waals surface area (Å²) in [6.07, 6.45) is 1.86. The number of nitrogens with zero attached hydrogens (tertiary/aromatic N) is 3. The molecular formula is C23H26N4O6S. The number of anilines is 1. The van der Waals surface area contributed by atoms with Gasteiger partial charge in [-0.25, -0.2) is 8.42 Å². The zero-order valence-electron chi connectivity index (χ0n) is 19.1. The number of carbonyl (C=O) groups is 1. The average Bonchev–Trinajstić information content (AvgIpc) is 3.31. The molecule has 1 N–H and O–H groups in total. The molecule has 1 aromatic heterocycles. The van der Waals surface area contributed by atoms with Crippen LogP contribution in [0.15, 0.2) is 51.8 Å². The molecule has 180 valence electrons. The predicted molar refractivity (Wildman–Crippen MR) is 124 cm³/mol. The van der Waals surface area contributed by atoms with Gasteiger partial charge in [0.1, 0.15) is 17.1 Å². The molecule has 1 atom stereocenters. The SMILES string of the molecule is COc1cccc(OC)c1-c1nnc(NC(=O)c2ccc(S(=O)(=O)N3CCCC(C)C3)cc2)o1. The fourth-order valence-corrected chi connectivity index (χ4v) is 5.50. The van der Waals surface area contributed by atoms with E-state index in [4.69, 9.17) is 13.9 Å². The highest BCUT2D eigenvalue weighted by Gasteiger charge is 2.28. The summed E-state index contributed by atoms with van der Waals surface area (Å²) in [7, 11) is -0.586. The monoisotopic (exact) mass is 486 g/mol. The van der Waals surface area contributed by atoms with Gasteiger partial charge in [0.15, 0.2) is 0 Å². The largest absolute Gasteiger partial charge is 0.496 e. The molecule has 2 heterocycles.